The van der Waals surface area contributed by atoms with Crippen molar-refractivity contribution in [1.82, 2.24) is 10.2 Å². The summed E-state index contributed by atoms with van der Waals surface area (Å²) in [5.74, 6) is -1.05. The molecule has 4 rings (SSSR count). The highest BCUT2D eigenvalue weighted by atomic mass is 32.1. The van der Waals surface area contributed by atoms with Crippen molar-refractivity contribution in [3.63, 3.8) is 0 Å². The number of rotatable bonds is 5. The van der Waals surface area contributed by atoms with Gasteiger partial charge in [0.15, 0.2) is 0 Å². The van der Waals surface area contributed by atoms with Crippen LogP contribution in [0.1, 0.15) is 50.0 Å². The molecule has 0 atom stereocenters. The van der Waals surface area contributed by atoms with Gasteiger partial charge >= 0.3 is 0 Å². The Morgan fingerprint density at radius 2 is 1.86 bits per heavy atom. The third-order valence-corrected chi connectivity index (χ3v) is 5.46. The van der Waals surface area contributed by atoms with E-state index in [2.05, 4.69) is 20.8 Å². The Hall–Kier alpha value is -3.13. The number of benzene rings is 2. The molecule has 0 radical (unpaired) electrons. The van der Waals surface area contributed by atoms with Crippen molar-refractivity contribution in [2.24, 2.45) is 0 Å². The average Bonchev–Trinajstić information content (AvgIpc) is 3.43. The molecule has 28 heavy (non-hydrogen) atoms. The van der Waals surface area contributed by atoms with E-state index in [1.54, 1.807) is 31.2 Å². The fraction of sp³-hybridized carbons (Fsp3) is 0.200. The minimum Gasteiger partial charge on any atom is -0.322 e. The first kappa shape index (κ1) is 18.2. The molecular formula is C20H17FN4O2S. The van der Waals surface area contributed by atoms with Crippen molar-refractivity contribution < 1.29 is 14.0 Å². The third-order valence-electron chi connectivity index (χ3n) is 4.45. The van der Waals surface area contributed by atoms with Crippen LogP contribution in [0.5, 0.6) is 0 Å². The van der Waals surface area contributed by atoms with Crippen LogP contribution in [0, 0.1) is 12.7 Å². The fourth-order valence-electron chi connectivity index (χ4n) is 2.68. The van der Waals surface area contributed by atoms with Gasteiger partial charge in [-0.15, -0.1) is 10.2 Å². The molecule has 0 unspecified atom stereocenters. The summed E-state index contributed by atoms with van der Waals surface area (Å²) in [6, 6.07) is 10.7. The zero-order chi connectivity index (χ0) is 19.7. The van der Waals surface area contributed by atoms with Crippen molar-refractivity contribution >= 4 is 34.0 Å². The first-order valence-electron chi connectivity index (χ1n) is 8.82. The smallest absolute Gasteiger partial charge is 0.258 e. The lowest BCUT2D eigenvalue weighted by Gasteiger charge is -2.11. The molecule has 1 heterocycles. The molecule has 2 N–H and O–H groups in total. The van der Waals surface area contributed by atoms with E-state index in [1.807, 2.05) is 0 Å². The van der Waals surface area contributed by atoms with Crippen LogP contribution in [0.3, 0.4) is 0 Å². The molecule has 0 spiro atoms. The Labute approximate surface area is 164 Å². The fourth-order valence-corrected chi connectivity index (χ4v) is 3.59. The maximum absolute atomic E-state index is 13.8. The van der Waals surface area contributed by atoms with Gasteiger partial charge in [0.1, 0.15) is 10.8 Å². The van der Waals surface area contributed by atoms with Crippen LogP contribution < -0.4 is 10.6 Å². The Morgan fingerprint density at radius 1 is 1.07 bits per heavy atom. The Morgan fingerprint density at radius 3 is 2.61 bits per heavy atom. The van der Waals surface area contributed by atoms with Crippen molar-refractivity contribution in [2.75, 3.05) is 10.6 Å². The molecule has 1 aliphatic rings. The van der Waals surface area contributed by atoms with Crippen LogP contribution >= 0.6 is 11.3 Å². The second kappa shape index (κ2) is 7.47. The molecule has 142 valence electrons. The summed E-state index contributed by atoms with van der Waals surface area (Å²) < 4.78 is 13.8. The number of anilines is 2. The van der Waals surface area contributed by atoms with E-state index in [9.17, 15) is 14.0 Å². The van der Waals surface area contributed by atoms with Crippen molar-refractivity contribution in [1.29, 1.82) is 0 Å². The number of amides is 2. The van der Waals surface area contributed by atoms with Crippen LogP contribution in [0.15, 0.2) is 42.5 Å². The molecule has 0 aliphatic heterocycles. The van der Waals surface area contributed by atoms with Crippen LogP contribution in [0.2, 0.25) is 0 Å². The van der Waals surface area contributed by atoms with Crippen molar-refractivity contribution in [2.45, 2.75) is 25.7 Å². The normalized spacial score (nSPS) is 13.2. The number of carbonyl (C=O) groups excluding carboxylic acids is 2. The lowest BCUT2D eigenvalue weighted by molar-refractivity contribution is 0.101. The largest absolute Gasteiger partial charge is 0.322 e. The average molecular weight is 396 g/mol. The molecule has 1 fully saturated rings. The lowest BCUT2D eigenvalue weighted by atomic mass is 10.1. The zero-order valence-corrected chi connectivity index (χ0v) is 15.8. The number of nitrogens with one attached hydrogen (secondary N) is 2. The summed E-state index contributed by atoms with van der Waals surface area (Å²) in [5.41, 5.74) is 1.50. The Balaban J connectivity index is 1.50. The highest BCUT2D eigenvalue weighted by molar-refractivity contribution is 7.15. The zero-order valence-electron chi connectivity index (χ0n) is 15.0. The molecule has 8 heteroatoms. The van der Waals surface area contributed by atoms with Gasteiger partial charge in [-0.3, -0.25) is 14.9 Å². The molecule has 1 aromatic heterocycles. The second-order valence-electron chi connectivity index (χ2n) is 6.64. The van der Waals surface area contributed by atoms with Gasteiger partial charge in [0, 0.05) is 17.2 Å². The van der Waals surface area contributed by atoms with E-state index in [-0.39, 0.29) is 11.5 Å². The first-order valence-corrected chi connectivity index (χ1v) is 9.64. The summed E-state index contributed by atoms with van der Waals surface area (Å²) in [4.78, 5) is 24.9. The summed E-state index contributed by atoms with van der Waals surface area (Å²) in [6.07, 6.45) is 2.23. The van der Waals surface area contributed by atoms with Crippen molar-refractivity contribution in [3.8, 4) is 0 Å². The van der Waals surface area contributed by atoms with Crippen LogP contribution in [0.4, 0.5) is 15.2 Å². The number of aromatic nitrogens is 2. The lowest BCUT2D eigenvalue weighted by Crippen LogP contribution is -2.16. The van der Waals surface area contributed by atoms with Gasteiger partial charge in [-0.2, -0.15) is 0 Å². The third kappa shape index (κ3) is 3.91. The maximum atomic E-state index is 13.8. The number of hydrogen-bond donors (Lipinski definition) is 2. The SMILES string of the molecule is Cc1ccc(C(=O)Nc2nnc(C3CC3)s2)cc1NC(=O)c1ccccc1F. The Kier molecular flexibility index (Phi) is 4.87. The van der Waals surface area contributed by atoms with Gasteiger partial charge in [0.05, 0.1) is 5.56 Å². The Bertz CT molecular complexity index is 1060. The molecule has 1 saturated carbocycles. The summed E-state index contributed by atoms with van der Waals surface area (Å²) in [5, 5.41) is 14.9. The molecule has 0 bridgehead atoms. The molecule has 6 nitrogen and oxygen atoms in total. The molecule has 2 aromatic carbocycles. The number of carbonyl (C=O) groups is 2. The topological polar surface area (TPSA) is 84.0 Å². The number of halogens is 1. The van der Waals surface area contributed by atoms with E-state index >= 15 is 0 Å². The van der Waals surface area contributed by atoms with E-state index in [1.165, 1.54) is 29.5 Å². The predicted octanol–water partition coefficient (Wildman–Crippen LogP) is 4.37. The summed E-state index contributed by atoms with van der Waals surface area (Å²) in [7, 11) is 0. The first-order chi connectivity index (χ1) is 13.5. The minimum atomic E-state index is -0.603. The summed E-state index contributed by atoms with van der Waals surface area (Å²) in [6.45, 7) is 1.80. The van der Waals surface area contributed by atoms with E-state index in [0.717, 1.165) is 23.4 Å². The maximum Gasteiger partial charge on any atom is 0.258 e. The monoisotopic (exact) mass is 396 g/mol. The molecule has 2 amide bonds. The van der Waals surface area contributed by atoms with E-state index in [4.69, 9.17) is 0 Å². The number of hydrogen-bond acceptors (Lipinski definition) is 5. The van der Waals surface area contributed by atoms with Crippen LogP contribution in [0.25, 0.3) is 0 Å². The summed E-state index contributed by atoms with van der Waals surface area (Å²) >= 11 is 1.38. The molecular weight excluding hydrogens is 379 g/mol. The highest BCUT2D eigenvalue weighted by Crippen LogP contribution is 2.42. The molecule has 1 aliphatic carbocycles. The van der Waals surface area contributed by atoms with Crippen LogP contribution in [-0.4, -0.2) is 22.0 Å². The van der Waals surface area contributed by atoms with Gasteiger partial charge in [0.2, 0.25) is 5.13 Å². The van der Waals surface area contributed by atoms with Gasteiger partial charge < -0.3 is 5.32 Å². The second-order valence-corrected chi connectivity index (χ2v) is 7.65. The van der Waals surface area contributed by atoms with Crippen LogP contribution in [-0.2, 0) is 0 Å². The van der Waals surface area contributed by atoms with Gasteiger partial charge in [-0.05, 0) is 49.6 Å². The van der Waals surface area contributed by atoms with Gasteiger partial charge in [0.25, 0.3) is 11.8 Å². The predicted molar refractivity (Wildman–Crippen MR) is 105 cm³/mol. The minimum absolute atomic E-state index is 0.0572. The van der Waals surface area contributed by atoms with Gasteiger partial charge in [-0.1, -0.05) is 29.5 Å². The van der Waals surface area contributed by atoms with Crippen molar-refractivity contribution in [3.05, 3.63) is 70.0 Å². The van der Waals surface area contributed by atoms with E-state index in [0.29, 0.717) is 22.3 Å². The van der Waals surface area contributed by atoms with E-state index < -0.39 is 11.7 Å². The quantitative estimate of drug-likeness (QED) is 0.671. The highest BCUT2D eigenvalue weighted by Gasteiger charge is 2.27. The standard InChI is InChI=1S/C20H17FN4O2S/c1-11-6-7-13(17(26)23-20-25-24-19(28-20)12-8-9-12)10-16(11)22-18(27)14-4-2-3-5-15(14)21/h2-7,10,12H,8-9H2,1H3,(H,22,27)(H,23,25,26). The number of nitrogens with zero attached hydrogens (tertiary/aromatic N) is 2. The van der Waals surface area contributed by atoms with Gasteiger partial charge in [-0.25, -0.2) is 4.39 Å². The molecule has 3 aromatic rings. The molecule has 0 saturated heterocycles. The number of aryl methyl sites for hydroxylation is 1.